The first-order chi connectivity index (χ1) is 9.45. The molecule has 0 aliphatic heterocycles. The third-order valence-corrected chi connectivity index (χ3v) is 4.17. The van der Waals surface area contributed by atoms with Gasteiger partial charge in [-0.25, -0.2) is 9.59 Å². The zero-order valence-corrected chi connectivity index (χ0v) is 12.8. The molecule has 3 N–H and O–H groups in total. The number of amides is 2. The van der Waals surface area contributed by atoms with E-state index < -0.39 is 12.0 Å². The molecule has 1 aliphatic rings. The minimum Gasteiger partial charge on any atom is -0.480 e. The molecule has 0 aromatic carbocycles. The molecule has 0 bridgehead atoms. The van der Waals surface area contributed by atoms with Crippen molar-refractivity contribution in [1.82, 2.24) is 10.6 Å². The van der Waals surface area contributed by atoms with E-state index in [9.17, 15) is 9.59 Å². The minimum atomic E-state index is -0.967. The van der Waals surface area contributed by atoms with E-state index >= 15 is 0 Å². The molecule has 2 unspecified atom stereocenters. The maximum atomic E-state index is 12.0. The lowest BCUT2D eigenvalue weighted by Crippen LogP contribution is -2.52. The third-order valence-electron chi connectivity index (χ3n) is 4.17. The standard InChI is InChI=1S/C15H28N2O3/c1-4-7-13(14(18)19)17-15(20)16-12-9-6-5-8-11(12)10(2)3/h10-13H,4-9H2,1-3H3,(H,18,19)(H2,16,17,20)/t11?,12?,13-/m0/s1. The van der Waals surface area contributed by atoms with E-state index in [1.807, 2.05) is 6.92 Å². The molecule has 2 amide bonds. The molecule has 1 fully saturated rings. The number of carboxylic acid groups (broad SMARTS) is 1. The van der Waals surface area contributed by atoms with Gasteiger partial charge in [-0.3, -0.25) is 0 Å². The van der Waals surface area contributed by atoms with Gasteiger partial charge < -0.3 is 15.7 Å². The van der Waals surface area contributed by atoms with Crippen molar-refractivity contribution in [1.29, 1.82) is 0 Å². The zero-order chi connectivity index (χ0) is 15.1. The topological polar surface area (TPSA) is 78.4 Å². The summed E-state index contributed by atoms with van der Waals surface area (Å²) in [5.74, 6) is 0.0570. The van der Waals surface area contributed by atoms with Crippen LogP contribution in [0.3, 0.4) is 0 Å². The zero-order valence-electron chi connectivity index (χ0n) is 12.8. The monoisotopic (exact) mass is 284 g/mol. The number of carbonyl (C=O) groups is 2. The van der Waals surface area contributed by atoms with Gasteiger partial charge in [-0.1, -0.05) is 40.0 Å². The van der Waals surface area contributed by atoms with Crippen molar-refractivity contribution in [3.05, 3.63) is 0 Å². The van der Waals surface area contributed by atoms with Gasteiger partial charge in [-0.05, 0) is 31.1 Å². The minimum absolute atomic E-state index is 0.167. The summed E-state index contributed by atoms with van der Waals surface area (Å²) in [6, 6.07) is -0.968. The molecule has 1 aliphatic carbocycles. The Balaban J connectivity index is 2.52. The van der Waals surface area contributed by atoms with Crippen LogP contribution in [0.1, 0.15) is 59.3 Å². The van der Waals surface area contributed by atoms with Gasteiger partial charge in [0.25, 0.3) is 0 Å². The van der Waals surface area contributed by atoms with Gasteiger partial charge >= 0.3 is 12.0 Å². The van der Waals surface area contributed by atoms with Gasteiger partial charge in [-0.2, -0.15) is 0 Å². The number of aliphatic carboxylic acids is 1. The molecule has 3 atom stereocenters. The van der Waals surface area contributed by atoms with Crippen LogP contribution in [0.4, 0.5) is 4.79 Å². The fourth-order valence-electron chi connectivity index (χ4n) is 3.05. The Morgan fingerprint density at radius 1 is 1.25 bits per heavy atom. The Labute approximate surface area is 121 Å². The van der Waals surface area contributed by atoms with E-state index in [0.29, 0.717) is 18.3 Å². The molecule has 0 spiro atoms. The number of rotatable bonds is 6. The summed E-state index contributed by atoms with van der Waals surface area (Å²) in [6.45, 7) is 6.27. The first-order valence-corrected chi connectivity index (χ1v) is 7.75. The van der Waals surface area contributed by atoms with Crippen molar-refractivity contribution in [2.45, 2.75) is 71.4 Å². The summed E-state index contributed by atoms with van der Waals surface area (Å²) < 4.78 is 0. The molecule has 1 saturated carbocycles. The smallest absolute Gasteiger partial charge is 0.326 e. The van der Waals surface area contributed by atoms with Gasteiger partial charge in [0.15, 0.2) is 0 Å². The van der Waals surface area contributed by atoms with Crippen LogP contribution in [-0.4, -0.2) is 29.2 Å². The van der Waals surface area contributed by atoms with E-state index in [-0.39, 0.29) is 12.1 Å². The van der Waals surface area contributed by atoms with Crippen LogP contribution in [0.25, 0.3) is 0 Å². The lowest BCUT2D eigenvalue weighted by molar-refractivity contribution is -0.139. The van der Waals surface area contributed by atoms with Crippen molar-refractivity contribution >= 4 is 12.0 Å². The van der Waals surface area contributed by atoms with Crippen LogP contribution in [0.15, 0.2) is 0 Å². The number of nitrogens with one attached hydrogen (secondary N) is 2. The Hall–Kier alpha value is -1.26. The van der Waals surface area contributed by atoms with Gasteiger partial charge in [0.1, 0.15) is 6.04 Å². The summed E-state index contributed by atoms with van der Waals surface area (Å²) in [7, 11) is 0. The molecule has 0 aromatic heterocycles. The average molecular weight is 284 g/mol. The third kappa shape index (κ3) is 5.02. The van der Waals surface area contributed by atoms with Crippen LogP contribution < -0.4 is 10.6 Å². The van der Waals surface area contributed by atoms with Crippen molar-refractivity contribution in [2.24, 2.45) is 11.8 Å². The predicted octanol–water partition coefficient (Wildman–Crippen LogP) is 2.75. The van der Waals surface area contributed by atoms with Gasteiger partial charge in [0.05, 0.1) is 0 Å². The SMILES string of the molecule is CCC[C@H](NC(=O)NC1CCCCC1C(C)C)C(=O)O. The van der Waals surface area contributed by atoms with Crippen LogP contribution in [0.2, 0.25) is 0 Å². The van der Waals surface area contributed by atoms with E-state index in [2.05, 4.69) is 24.5 Å². The highest BCUT2D eigenvalue weighted by atomic mass is 16.4. The van der Waals surface area contributed by atoms with Crippen LogP contribution in [-0.2, 0) is 4.79 Å². The second-order valence-electron chi connectivity index (χ2n) is 6.10. The summed E-state index contributed by atoms with van der Waals surface area (Å²) >= 11 is 0. The normalized spacial score (nSPS) is 24.2. The number of hydrogen-bond acceptors (Lipinski definition) is 2. The predicted molar refractivity (Wildman–Crippen MR) is 78.6 cm³/mol. The summed E-state index contributed by atoms with van der Waals surface area (Å²) in [6.07, 6.45) is 5.67. The number of carbonyl (C=O) groups excluding carboxylic acids is 1. The number of carboxylic acids is 1. The largest absolute Gasteiger partial charge is 0.480 e. The first kappa shape index (κ1) is 16.8. The highest BCUT2D eigenvalue weighted by Gasteiger charge is 2.29. The van der Waals surface area contributed by atoms with E-state index in [4.69, 9.17) is 5.11 Å². The first-order valence-electron chi connectivity index (χ1n) is 7.75. The quantitative estimate of drug-likeness (QED) is 0.701. The van der Waals surface area contributed by atoms with E-state index in [1.165, 1.54) is 6.42 Å². The summed E-state index contributed by atoms with van der Waals surface area (Å²) in [5, 5.41) is 14.6. The van der Waals surface area contributed by atoms with Gasteiger partial charge in [0, 0.05) is 6.04 Å². The Morgan fingerprint density at radius 2 is 1.90 bits per heavy atom. The number of urea groups is 1. The maximum absolute atomic E-state index is 12.0. The van der Waals surface area contributed by atoms with Crippen LogP contribution in [0.5, 0.6) is 0 Å². The molecule has 0 aromatic rings. The van der Waals surface area contributed by atoms with Crippen LogP contribution in [0, 0.1) is 11.8 Å². The molecule has 1 rings (SSSR count). The van der Waals surface area contributed by atoms with Crippen molar-refractivity contribution in [2.75, 3.05) is 0 Å². The van der Waals surface area contributed by atoms with Gasteiger partial charge in [0.2, 0.25) is 0 Å². The number of hydrogen-bond donors (Lipinski definition) is 3. The Bertz CT molecular complexity index is 331. The Morgan fingerprint density at radius 3 is 2.45 bits per heavy atom. The molecular weight excluding hydrogens is 256 g/mol. The van der Waals surface area contributed by atoms with E-state index in [0.717, 1.165) is 25.7 Å². The highest BCUT2D eigenvalue weighted by Crippen LogP contribution is 2.30. The van der Waals surface area contributed by atoms with Crippen molar-refractivity contribution < 1.29 is 14.7 Å². The average Bonchev–Trinajstić information content (AvgIpc) is 2.38. The summed E-state index contributed by atoms with van der Waals surface area (Å²) in [5.41, 5.74) is 0. The molecule has 20 heavy (non-hydrogen) atoms. The fourth-order valence-corrected chi connectivity index (χ4v) is 3.05. The van der Waals surface area contributed by atoms with Gasteiger partial charge in [-0.15, -0.1) is 0 Å². The molecule has 116 valence electrons. The maximum Gasteiger partial charge on any atom is 0.326 e. The molecular formula is C15H28N2O3. The lowest BCUT2D eigenvalue weighted by Gasteiger charge is -2.35. The second kappa shape index (κ2) is 8.12. The van der Waals surface area contributed by atoms with Crippen LogP contribution >= 0.6 is 0 Å². The highest BCUT2D eigenvalue weighted by molar-refractivity contribution is 5.82. The molecule has 5 nitrogen and oxygen atoms in total. The lowest BCUT2D eigenvalue weighted by atomic mass is 9.78. The van der Waals surface area contributed by atoms with Crippen molar-refractivity contribution in [3.8, 4) is 0 Å². The Kier molecular flexibility index (Phi) is 6.82. The molecule has 0 heterocycles. The molecule has 5 heteroatoms. The molecule has 0 radical (unpaired) electrons. The molecule has 0 saturated heterocycles. The van der Waals surface area contributed by atoms with Crippen molar-refractivity contribution in [3.63, 3.8) is 0 Å². The fraction of sp³-hybridized carbons (Fsp3) is 0.867. The summed E-state index contributed by atoms with van der Waals surface area (Å²) in [4.78, 5) is 23.0. The second-order valence-corrected chi connectivity index (χ2v) is 6.10. The van der Waals surface area contributed by atoms with E-state index in [1.54, 1.807) is 0 Å².